The van der Waals surface area contributed by atoms with Gasteiger partial charge in [-0.25, -0.2) is 4.98 Å². The highest BCUT2D eigenvalue weighted by Gasteiger charge is 2.10. The highest BCUT2D eigenvalue weighted by atomic mass is 16.5. The Morgan fingerprint density at radius 3 is 2.94 bits per heavy atom. The van der Waals surface area contributed by atoms with Gasteiger partial charge in [-0.15, -0.1) is 0 Å². The number of carbonyl (C=O) groups is 1. The molecule has 0 aromatic carbocycles. The van der Waals surface area contributed by atoms with E-state index in [2.05, 4.69) is 9.97 Å². The minimum atomic E-state index is -0.252. The average Bonchev–Trinajstić information content (AvgIpc) is 2.67. The normalized spacial score (nSPS) is 10.8. The van der Waals surface area contributed by atoms with Crippen molar-refractivity contribution < 1.29 is 9.53 Å². The van der Waals surface area contributed by atoms with E-state index >= 15 is 0 Å². The van der Waals surface area contributed by atoms with E-state index in [1.165, 1.54) is 0 Å². The van der Waals surface area contributed by atoms with Gasteiger partial charge in [-0.05, 0) is 20.8 Å². The fourth-order valence-corrected chi connectivity index (χ4v) is 1.67. The fourth-order valence-electron chi connectivity index (χ4n) is 1.67. The second-order valence-electron chi connectivity index (χ2n) is 3.87. The molecular weight excluding hydrogens is 218 g/mol. The number of hydrogen-bond acceptors (Lipinski definition) is 4. The lowest BCUT2D eigenvalue weighted by molar-refractivity contribution is -0.142. The number of imidazole rings is 1. The number of esters is 1. The molecule has 0 N–H and O–H groups in total. The summed E-state index contributed by atoms with van der Waals surface area (Å²) in [5.41, 5.74) is 3.45. The molecule has 0 spiro atoms. The molecule has 5 heteroatoms. The van der Waals surface area contributed by atoms with Gasteiger partial charge in [0.1, 0.15) is 0 Å². The van der Waals surface area contributed by atoms with Crippen molar-refractivity contribution >= 4 is 11.6 Å². The van der Waals surface area contributed by atoms with E-state index in [-0.39, 0.29) is 12.4 Å². The van der Waals surface area contributed by atoms with Crippen LogP contribution in [0.4, 0.5) is 0 Å². The lowest BCUT2D eigenvalue weighted by atomic mass is 10.3. The summed E-state index contributed by atoms with van der Waals surface area (Å²) in [5.74, 6) is -0.252. The maximum atomic E-state index is 11.4. The van der Waals surface area contributed by atoms with Crippen LogP contribution in [0.25, 0.3) is 5.65 Å². The standard InChI is InChI=1S/C12H15N3O2/c1-4-17-12(16)5-10-7-15-9(3)8(2)13-6-11(15)14-10/h6-7H,4-5H2,1-3H3. The van der Waals surface area contributed by atoms with Gasteiger partial charge < -0.3 is 9.14 Å². The molecule has 2 heterocycles. The Kier molecular flexibility index (Phi) is 3.08. The van der Waals surface area contributed by atoms with Gasteiger partial charge in [-0.3, -0.25) is 9.78 Å². The Bertz CT molecular complexity index is 560. The Hall–Kier alpha value is -1.91. The van der Waals surface area contributed by atoms with Crippen LogP contribution in [-0.2, 0) is 16.0 Å². The number of carbonyl (C=O) groups excluding carboxylic acids is 1. The first kappa shape index (κ1) is 11.6. The molecule has 0 amide bonds. The van der Waals surface area contributed by atoms with Gasteiger partial charge in [-0.2, -0.15) is 0 Å². The van der Waals surface area contributed by atoms with Crippen molar-refractivity contribution in [3.05, 3.63) is 29.5 Å². The highest BCUT2D eigenvalue weighted by molar-refractivity contribution is 5.72. The zero-order valence-corrected chi connectivity index (χ0v) is 10.2. The number of hydrogen-bond donors (Lipinski definition) is 0. The first-order valence-corrected chi connectivity index (χ1v) is 5.57. The largest absolute Gasteiger partial charge is 0.466 e. The topological polar surface area (TPSA) is 56.5 Å². The number of nitrogens with zero attached hydrogens (tertiary/aromatic N) is 3. The maximum absolute atomic E-state index is 11.4. The minimum Gasteiger partial charge on any atom is -0.466 e. The zero-order chi connectivity index (χ0) is 12.4. The first-order valence-electron chi connectivity index (χ1n) is 5.57. The van der Waals surface area contributed by atoms with Crippen molar-refractivity contribution in [3.8, 4) is 0 Å². The van der Waals surface area contributed by atoms with Crippen LogP contribution < -0.4 is 0 Å². The van der Waals surface area contributed by atoms with Crippen molar-refractivity contribution in [1.82, 2.24) is 14.4 Å². The summed E-state index contributed by atoms with van der Waals surface area (Å²) < 4.78 is 6.83. The molecular formula is C12H15N3O2. The fraction of sp³-hybridized carbons (Fsp3) is 0.417. The summed E-state index contributed by atoms with van der Waals surface area (Å²) in [4.78, 5) is 19.9. The summed E-state index contributed by atoms with van der Waals surface area (Å²) in [6.45, 7) is 6.11. The number of fused-ring (bicyclic) bond motifs is 1. The minimum absolute atomic E-state index is 0.202. The molecule has 0 bridgehead atoms. The molecule has 0 atom stereocenters. The van der Waals surface area contributed by atoms with Crippen LogP contribution in [0.2, 0.25) is 0 Å². The number of rotatable bonds is 3. The molecule has 2 aromatic heterocycles. The second kappa shape index (κ2) is 4.53. The number of aryl methyl sites for hydroxylation is 2. The highest BCUT2D eigenvalue weighted by Crippen LogP contribution is 2.10. The van der Waals surface area contributed by atoms with Gasteiger partial charge in [0, 0.05) is 11.9 Å². The van der Waals surface area contributed by atoms with Crippen LogP contribution >= 0.6 is 0 Å². The molecule has 0 aliphatic carbocycles. The van der Waals surface area contributed by atoms with Crippen LogP contribution in [0.1, 0.15) is 24.0 Å². The predicted octanol–water partition coefficient (Wildman–Crippen LogP) is 1.45. The van der Waals surface area contributed by atoms with E-state index in [0.29, 0.717) is 12.3 Å². The van der Waals surface area contributed by atoms with Gasteiger partial charge in [-0.1, -0.05) is 0 Å². The molecule has 5 nitrogen and oxygen atoms in total. The van der Waals surface area contributed by atoms with Gasteiger partial charge in [0.15, 0.2) is 5.65 Å². The predicted molar refractivity (Wildman–Crippen MR) is 62.8 cm³/mol. The molecule has 0 fully saturated rings. The summed E-state index contributed by atoms with van der Waals surface area (Å²) >= 11 is 0. The molecule has 90 valence electrons. The summed E-state index contributed by atoms with van der Waals surface area (Å²) in [7, 11) is 0. The summed E-state index contributed by atoms with van der Waals surface area (Å²) in [6.07, 6.45) is 3.77. The maximum Gasteiger partial charge on any atom is 0.311 e. The molecule has 0 aliphatic heterocycles. The third-order valence-corrected chi connectivity index (χ3v) is 2.67. The monoisotopic (exact) mass is 233 g/mol. The van der Waals surface area contributed by atoms with Crippen LogP contribution in [-0.4, -0.2) is 26.9 Å². The lowest BCUT2D eigenvalue weighted by Gasteiger charge is -2.01. The Balaban J connectivity index is 2.32. The number of ether oxygens (including phenoxy) is 1. The molecule has 0 unspecified atom stereocenters. The van der Waals surface area contributed by atoms with E-state index in [0.717, 1.165) is 17.0 Å². The molecule has 0 radical (unpaired) electrons. The molecule has 2 aromatic rings. The summed E-state index contributed by atoms with van der Waals surface area (Å²) in [6, 6.07) is 0. The molecule has 0 saturated heterocycles. The molecule has 0 aliphatic rings. The SMILES string of the molecule is CCOC(=O)Cc1cn2c(C)c(C)ncc2n1. The average molecular weight is 233 g/mol. The van der Waals surface area contributed by atoms with Crippen LogP contribution in [0.15, 0.2) is 12.4 Å². The van der Waals surface area contributed by atoms with Crippen LogP contribution in [0.5, 0.6) is 0 Å². The molecule has 17 heavy (non-hydrogen) atoms. The third-order valence-electron chi connectivity index (χ3n) is 2.67. The quantitative estimate of drug-likeness (QED) is 0.753. The van der Waals surface area contributed by atoms with Gasteiger partial charge in [0.25, 0.3) is 0 Å². The van der Waals surface area contributed by atoms with Crippen molar-refractivity contribution in [2.24, 2.45) is 0 Å². The van der Waals surface area contributed by atoms with E-state index in [1.807, 2.05) is 24.4 Å². The van der Waals surface area contributed by atoms with E-state index < -0.39 is 0 Å². The van der Waals surface area contributed by atoms with Crippen LogP contribution in [0.3, 0.4) is 0 Å². The molecule has 0 saturated carbocycles. The Morgan fingerprint density at radius 1 is 1.47 bits per heavy atom. The van der Waals surface area contributed by atoms with E-state index in [1.54, 1.807) is 13.1 Å². The van der Waals surface area contributed by atoms with Crippen molar-refractivity contribution in [2.45, 2.75) is 27.2 Å². The van der Waals surface area contributed by atoms with Crippen molar-refractivity contribution in [1.29, 1.82) is 0 Å². The van der Waals surface area contributed by atoms with Crippen molar-refractivity contribution in [3.63, 3.8) is 0 Å². The van der Waals surface area contributed by atoms with Crippen LogP contribution in [0, 0.1) is 13.8 Å². The van der Waals surface area contributed by atoms with Gasteiger partial charge >= 0.3 is 5.97 Å². The van der Waals surface area contributed by atoms with Gasteiger partial charge in [0.05, 0.1) is 30.6 Å². The smallest absolute Gasteiger partial charge is 0.311 e. The Morgan fingerprint density at radius 2 is 2.24 bits per heavy atom. The van der Waals surface area contributed by atoms with E-state index in [4.69, 9.17) is 4.74 Å². The first-order chi connectivity index (χ1) is 8.11. The number of aromatic nitrogens is 3. The van der Waals surface area contributed by atoms with Gasteiger partial charge in [0.2, 0.25) is 0 Å². The molecule has 2 rings (SSSR count). The third kappa shape index (κ3) is 2.27. The zero-order valence-electron chi connectivity index (χ0n) is 10.2. The summed E-state index contributed by atoms with van der Waals surface area (Å²) in [5, 5.41) is 0. The van der Waals surface area contributed by atoms with Crippen molar-refractivity contribution in [2.75, 3.05) is 6.61 Å². The van der Waals surface area contributed by atoms with E-state index in [9.17, 15) is 4.79 Å². The second-order valence-corrected chi connectivity index (χ2v) is 3.87. The lowest BCUT2D eigenvalue weighted by Crippen LogP contribution is -2.07. The Labute approximate surface area is 99.5 Å².